The molecule has 0 spiro atoms. The van der Waals surface area contributed by atoms with Gasteiger partial charge in [-0.05, 0) is 37.3 Å². The van der Waals surface area contributed by atoms with Crippen molar-refractivity contribution in [3.63, 3.8) is 0 Å². The Labute approximate surface area is 129 Å². The number of benzene rings is 2. The monoisotopic (exact) mass is 300 g/mol. The molecule has 0 fully saturated rings. The molecule has 2 N–H and O–H groups in total. The second kappa shape index (κ2) is 7.11. The normalized spacial score (nSPS) is 10.2. The van der Waals surface area contributed by atoms with Gasteiger partial charge in [0, 0.05) is 11.0 Å². The summed E-state index contributed by atoms with van der Waals surface area (Å²) in [7, 11) is -0.0926. The van der Waals surface area contributed by atoms with E-state index in [9.17, 15) is 14.8 Å². The maximum atomic E-state index is 12.1. The highest BCUT2D eigenvalue weighted by molar-refractivity contribution is 6.59. The molecule has 0 unspecified atom stereocenters. The third kappa shape index (κ3) is 3.87. The Hall–Kier alpha value is -2.31. The molecule has 0 heterocycles. The molecule has 0 atom stereocenters. The quantitative estimate of drug-likeness (QED) is 0.613. The summed E-state index contributed by atoms with van der Waals surface area (Å²) in [6.45, 7) is 1.65. The van der Waals surface area contributed by atoms with E-state index in [1.165, 1.54) is 0 Å². The third-order valence-electron chi connectivity index (χ3n) is 3.21. The van der Waals surface area contributed by atoms with Crippen molar-refractivity contribution in [2.45, 2.75) is 6.92 Å². The smallest absolute Gasteiger partial charge is 0.492 e. The summed E-state index contributed by atoms with van der Waals surface area (Å²) >= 11 is 0. The molecule has 0 aromatic heterocycles. The van der Waals surface area contributed by atoms with Gasteiger partial charge in [-0.15, -0.1) is 0 Å². The van der Waals surface area contributed by atoms with Crippen LogP contribution in [0.5, 0.6) is 11.5 Å². The Morgan fingerprint density at radius 3 is 2.41 bits per heavy atom. The highest BCUT2D eigenvalue weighted by Gasteiger charge is 2.18. The van der Waals surface area contributed by atoms with Gasteiger partial charge in [-0.2, -0.15) is 0 Å². The van der Waals surface area contributed by atoms with Crippen molar-refractivity contribution >= 4 is 18.4 Å². The first-order valence-electron chi connectivity index (χ1n) is 6.78. The summed E-state index contributed by atoms with van der Waals surface area (Å²) in [6, 6.07) is 11.7. The van der Waals surface area contributed by atoms with E-state index in [1.54, 1.807) is 49.6 Å². The van der Waals surface area contributed by atoms with Crippen LogP contribution in [0.3, 0.4) is 0 Å². The van der Waals surface area contributed by atoms with Gasteiger partial charge in [0.25, 0.3) is 0 Å². The van der Waals surface area contributed by atoms with Crippen molar-refractivity contribution in [3.05, 3.63) is 53.6 Å². The van der Waals surface area contributed by atoms with Crippen molar-refractivity contribution in [2.24, 2.45) is 0 Å². The van der Waals surface area contributed by atoms with E-state index in [1.807, 2.05) is 6.92 Å². The largest absolute Gasteiger partial charge is 0.497 e. The molecule has 2 rings (SSSR count). The van der Waals surface area contributed by atoms with Crippen LogP contribution in [0.1, 0.15) is 15.9 Å². The SMILES string of the molecule is COc1ccc(C(=O)COc2ccc(C)cc2B(O)O)cc1. The van der Waals surface area contributed by atoms with Gasteiger partial charge in [0.15, 0.2) is 12.4 Å². The number of hydrogen-bond acceptors (Lipinski definition) is 5. The summed E-state index contributed by atoms with van der Waals surface area (Å²) in [5.41, 5.74) is 1.61. The van der Waals surface area contributed by atoms with Crippen molar-refractivity contribution < 1.29 is 24.3 Å². The summed E-state index contributed by atoms with van der Waals surface area (Å²) < 4.78 is 10.5. The average molecular weight is 300 g/mol. The van der Waals surface area contributed by atoms with Crippen molar-refractivity contribution in [3.8, 4) is 11.5 Å². The van der Waals surface area contributed by atoms with Crippen LogP contribution in [0.15, 0.2) is 42.5 Å². The van der Waals surface area contributed by atoms with Crippen LogP contribution in [0.2, 0.25) is 0 Å². The Morgan fingerprint density at radius 1 is 1.14 bits per heavy atom. The minimum atomic E-state index is -1.65. The Balaban J connectivity index is 2.07. The third-order valence-corrected chi connectivity index (χ3v) is 3.21. The Bertz CT molecular complexity index is 652. The van der Waals surface area contributed by atoms with E-state index in [-0.39, 0.29) is 23.6 Å². The molecule has 6 heteroatoms. The summed E-state index contributed by atoms with van der Waals surface area (Å²) in [5.74, 6) is 0.741. The highest BCUT2D eigenvalue weighted by atomic mass is 16.5. The molecule has 22 heavy (non-hydrogen) atoms. The van der Waals surface area contributed by atoms with Crippen molar-refractivity contribution in [1.82, 2.24) is 0 Å². The predicted octanol–water partition coefficient (Wildman–Crippen LogP) is 0.945. The molecular formula is C16H17BO5. The minimum Gasteiger partial charge on any atom is -0.497 e. The second-order valence-electron chi connectivity index (χ2n) is 4.86. The van der Waals surface area contributed by atoms with Gasteiger partial charge in [-0.25, -0.2) is 0 Å². The molecule has 114 valence electrons. The Morgan fingerprint density at radius 2 is 1.82 bits per heavy atom. The topological polar surface area (TPSA) is 76.0 Å². The number of carbonyl (C=O) groups is 1. The van der Waals surface area contributed by atoms with Crippen molar-refractivity contribution in [1.29, 1.82) is 0 Å². The number of aryl methyl sites for hydroxylation is 1. The lowest BCUT2D eigenvalue weighted by atomic mass is 9.79. The molecule has 0 aliphatic rings. The molecule has 2 aromatic carbocycles. The maximum absolute atomic E-state index is 12.1. The number of hydrogen-bond donors (Lipinski definition) is 2. The molecule has 0 aliphatic carbocycles. The summed E-state index contributed by atoms with van der Waals surface area (Å²) in [4.78, 5) is 12.1. The van der Waals surface area contributed by atoms with Crippen LogP contribution in [-0.2, 0) is 0 Å². The zero-order chi connectivity index (χ0) is 16.1. The molecule has 0 radical (unpaired) electrons. The fourth-order valence-electron chi connectivity index (χ4n) is 2.00. The van der Waals surface area contributed by atoms with Gasteiger partial charge in [0.05, 0.1) is 7.11 Å². The molecule has 0 saturated carbocycles. The zero-order valence-electron chi connectivity index (χ0n) is 12.4. The molecule has 5 nitrogen and oxygen atoms in total. The molecule has 0 aliphatic heterocycles. The zero-order valence-corrected chi connectivity index (χ0v) is 12.4. The summed E-state index contributed by atoms with van der Waals surface area (Å²) in [6.07, 6.45) is 0. The highest BCUT2D eigenvalue weighted by Crippen LogP contribution is 2.14. The number of Topliss-reactive ketones (excluding diaryl/α,β-unsaturated/α-hetero) is 1. The lowest BCUT2D eigenvalue weighted by molar-refractivity contribution is 0.0922. The van der Waals surface area contributed by atoms with Gasteiger partial charge in [0.1, 0.15) is 11.5 Å². The van der Waals surface area contributed by atoms with Crippen LogP contribution in [0.25, 0.3) is 0 Å². The molecular weight excluding hydrogens is 283 g/mol. The Kier molecular flexibility index (Phi) is 5.19. The van der Waals surface area contributed by atoms with Crippen LogP contribution in [0.4, 0.5) is 0 Å². The minimum absolute atomic E-state index is 0.185. The number of methoxy groups -OCH3 is 1. The fraction of sp³-hybridized carbons (Fsp3) is 0.188. The number of ketones is 1. The van der Waals surface area contributed by atoms with Crippen LogP contribution in [-0.4, -0.2) is 36.7 Å². The van der Waals surface area contributed by atoms with Gasteiger partial charge < -0.3 is 19.5 Å². The van der Waals surface area contributed by atoms with E-state index < -0.39 is 7.12 Å². The van der Waals surface area contributed by atoms with E-state index in [2.05, 4.69) is 0 Å². The van der Waals surface area contributed by atoms with Gasteiger partial charge in [0.2, 0.25) is 0 Å². The number of carbonyl (C=O) groups excluding carboxylic acids is 1. The predicted molar refractivity (Wildman–Crippen MR) is 83.8 cm³/mol. The van der Waals surface area contributed by atoms with Gasteiger partial charge in [-0.1, -0.05) is 17.7 Å². The maximum Gasteiger partial charge on any atom is 0.492 e. The fourth-order valence-corrected chi connectivity index (χ4v) is 2.00. The van der Waals surface area contributed by atoms with Gasteiger partial charge >= 0.3 is 7.12 Å². The number of ether oxygens (including phenoxy) is 2. The van der Waals surface area contributed by atoms with E-state index in [4.69, 9.17) is 9.47 Å². The first-order chi connectivity index (χ1) is 10.5. The standard InChI is InChI=1S/C16H17BO5/c1-11-3-8-16(14(9-11)17(19)20)22-10-15(18)12-4-6-13(21-2)7-5-12/h3-9,19-20H,10H2,1-2H3. The second-order valence-corrected chi connectivity index (χ2v) is 4.86. The summed E-state index contributed by atoms with van der Waals surface area (Å²) in [5, 5.41) is 18.7. The van der Waals surface area contributed by atoms with Crippen LogP contribution < -0.4 is 14.9 Å². The first kappa shape index (κ1) is 16.1. The van der Waals surface area contributed by atoms with Crippen LogP contribution >= 0.6 is 0 Å². The molecule has 0 amide bonds. The average Bonchev–Trinajstić information content (AvgIpc) is 2.53. The van der Waals surface area contributed by atoms with Crippen molar-refractivity contribution in [2.75, 3.05) is 13.7 Å². The van der Waals surface area contributed by atoms with E-state index in [0.717, 1.165) is 5.56 Å². The lowest BCUT2D eigenvalue weighted by Crippen LogP contribution is -2.32. The molecule has 2 aromatic rings. The first-order valence-corrected chi connectivity index (χ1v) is 6.78. The van der Waals surface area contributed by atoms with Crippen LogP contribution in [0, 0.1) is 6.92 Å². The number of rotatable bonds is 6. The lowest BCUT2D eigenvalue weighted by Gasteiger charge is -2.11. The molecule has 0 saturated heterocycles. The van der Waals surface area contributed by atoms with E-state index >= 15 is 0 Å². The van der Waals surface area contributed by atoms with Gasteiger partial charge in [-0.3, -0.25) is 4.79 Å². The molecule has 0 bridgehead atoms. The van der Waals surface area contributed by atoms with E-state index in [0.29, 0.717) is 11.3 Å².